The normalized spacial score (nSPS) is 21.0. The Balaban J connectivity index is 0.00000220. The molecule has 0 unspecified atom stereocenters. The lowest BCUT2D eigenvalue weighted by molar-refractivity contribution is -0.120. The predicted molar refractivity (Wildman–Crippen MR) is 88.2 cm³/mol. The Morgan fingerprint density at radius 2 is 2.38 bits per heavy atom. The molecule has 2 rings (SSSR count). The smallest absolute Gasteiger partial charge is 0.227 e. The molecule has 1 heterocycles. The summed E-state index contributed by atoms with van der Waals surface area (Å²) in [6.45, 7) is 7.09. The highest BCUT2D eigenvalue weighted by atomic mass is 35.5. The SMILES string of the molecule is C=CCOc1cccc(NC(=O)[C@H]2CCN[C@@H](C)C2)c1.Cl. The van der Waals surface area contributed by atoms with Gasteiger partial charge in [-0.2, -0.15) is 0 Å². The highest BCUT2D eigenvalue weighted by molar-refractivity contribution is 5.92. The third-order valence-electron chi connectivity index (χ3n) is 3.46. The van der Waals surface area contributed by atoms with Crippen molar-refractivity contribution >= 4 is 24.0 Å². The second kappa shape index (κ2) is 8.70. The molecule has 5 heteroatoms. The highest BCUT2D eigenvalue weighted by Crippen LogP contribution is 2.21. The molecule has 0 radical (unpaired) electrons. The second-order valence-electron chi connectivity index (χ2n) is 5.19. The second-order valence-corrected chi connectivity index (χ2v) is 5.19. The van der Waals surface area contributed by atoms with Crippen molar-refractivity contribution in [2.45, 2.75) is 25.8 Å². The van der Waals surface area contributed by atoms with E-state index in [4.69, 9.17) is 4.74 Å². The van der Waals surface area contributed by atoms with Crippen LogP contribution in [0.5, 0.6) is 5.75 Å². The Labute approximate surface area is 132 Å². The molecule has 2 N–H and O–H groups in total. The molecule has 2 atom stereocenters. The summed E-state index contributed by atoms with van der Waals surface area (Å²) in [5, 5.41) is 6.33. The molecule has 21 heavy (non-hydrogen) atoms. The summed E-state index contributed by atoms with van der Waals surface area (Å²) in [5.41, 5.74) is 0.780. The molecule has 0 bridgehead atoms. The maximum Gasteiger partial charge on any atom is 0.227 e. The highest BCUT2D eigenvalue weighted by Gasteiger charge is 2.24. The van der Waals surface area contributed by atoms with Crippen LogP contribution in [0.25, 0.3) is 0 Å². The third-order valence-corrected chi connectivity index (χ3v) is 3.46. The Morgan fingerprint density at radius 1 is 1.57 bits per heavy atom. The van der Waals surface area contributed by atoms with E-state index in [1.807, 2.05) is 24.3 Å². The molecular weight excluding hydrogens is 288 g/mol. The zero-order valence-electron chi connectivity index (χ0n) is 12.3. The molecule has 0 spiro atoms. The van der Waals surface area contributed by atoms with Crippen molar-refractivity contribution in [1.29, 1.82) is 0 Å². The number of carbonyl (C=O) groups excluding carboxylic acids is 1. The van der Waals surface area contributed by atoms with Gasteiger partial charge in [0.15, 0.2) is 0 Å². The quantitative estimate of drug-likeness (QED) is 0.822. The van der Waals surface area contributed by atoms with Crippen molar-refractivity contribution in [3.05, 3.63) is 36.9 Å². The van der Waals surface area contributed by atoms with E-state index in [0.29, 0.717) is 12.6 Å². The fraction of sp³-hybridized carbons (Fsp3) is 0.438. The van der Waals surface area contributed by atoms with Crippen LogP contribution < -0.4 is 15.4 Å². The molecule has 0 saturated carbocycles. The van der Waals surface area contributed by atoms with Gasteiger partial charge in [-0.05, 0) is 38.4 Å². The van der Waals surface area contributed by atoms with Crippen molar-refractivity contribution in [2.24, 2.45) is 5.92 Å². The molecule has 0 aliphatic carbocycles. The van der Waals surface area contributed by atoms with Crippen LogP contribution in [0.3, 0.4) is 0 Å². The molecule has 116 valence electrons. The molecule has 1 aliphatic heterocycles. The van der Waals surface area contributed by atoms with Crippen LogP contribution in [-0.2, 0) is 4.79 Å². The van der Waals surface area contributed by atoms with Gasteiger partial charge in [-0.25, -0.2) is 0 Å². The lowest BCUT2D eigenvalue weighted by Crippen LogP contribution is -2.40. The largest absolute Gasteiger partial charge is 0.489 e. The van der Waals surface area contributed by atoms with Crippen molar-refractivity contribution in [2.75, 3.05) is 18.5 Å². The minimum absolute atomic E-state index is 0. The number of amides is 1. The number of ether oxygens (including phenoxy) is 1. The molecule has 1 amide bonds. The summed E-state index contributed by atoms with van der Waals surface area (Å²) in [6, 6.07) is 7.86. The van der Waals surface area contributed by atoms with Crippen LogP contribution >= 0.6 is 12.4 Å². The average Bonchev–Trinajstić information content (AvgIpc) is 2.45. The first-order valence-corrected chi connectivity index (χ1v) is 7.07. The van der Waals surface area contributed by atoms with Crippen molar-refractivity contribution in [3.8, 4) is 5.75 Å². The van der Waals surface area contributed by atoms with E-state index in [1.54, 1.807) is 6.08 Å². The van der Waals surface area contributed by atoms with E-state index in [9.17, 15) is 4.79 Å². The first-order chi connectivity index (χ1) is 9.69. The van der Waals surface area contributed by atoms with Crippen molar-refractivity contribution in [3.63, 3.8) is 0 Å². The Kier molecular flexibility index (Phi) is 7.26. The van der Waals surface area contributed by atoms with Crippen LogP contribution in [0, 0.1) is 5.92 Å². The molecule has 1 aromatic carbocycles. The summed E-state index contributed by atoms with van der Waals surface area (Å²) in [6.07, 6.45) is 3.48. The third kappa shape index (κ3) is 5.40. The van der Waals surface area contributed by atoms with Crippen molar-refractivity contribution in [1.82, 2.24) is 5.32 Å². The first kappa shape index (κ1) is 17.5. The molecule has 1 aromatic rings. The number of halogens is 1. The van der Waals surface area contributed by atoms with E-state index < -0.39 is 0 Å². The summed E-state index contributed by atoms with van der Waals surface area (Å²) in [7, 11) is 0. The average molecular weight is 311 g/mol. The van der Waals surface area contributed by atoms with Gasteiger partial charge in [0.25, 0.3) is 0 Å². The number of hydrogen-bond donors (Lipinski definition) is 2. The van der Waals surface area contributed by atoms with Crippen LogP contribution in [-0.4, -0.2) is 25.1 Å². The van der Waals surface area contributed by atoms with Crippen LogP contribution in [0.1, 0.15) is 19.8 Å². The summed E-state index contributed by atoms with van der Waals surface area (Å²) in [4.78, 5) is 12.2. The Bertz CT molecular complexity index is 479. The maximum absolute atomic E-state index is 12.2. The Morgan fingerprint density at radius 3 is 3.10 bits per heavy atom. The molecule has 4 nitrogen and oxygen atoms in total. The van der Waals surface area contributed by atoms with E-state index in [2.05, 4.69) is 24.1 Å². The number of nitrogens with one attached hydrogen (secondary N) is 2. The van der Waals surface area contributed by atoms with E-state index in [-0.39, 0.29) is 24.2 Å². The summed E-state index contributed by atoms with van der Waals surface area (Å²) >= 11 is 0. The van der Waals surface area contributed by atoms with E-state index in [0.717, 1.165) is 30.8 Å². The minimum atomic E-state index is 0. The van der Waals surface area contributed by atoms with Crippen LogP contribution in [0.15, 0.2) is 36.9 Å². The zero-order valence-corrected chi connectivity index (χ0v) is 13.1. The predicted octanol–water partition coefficient (Wildman–Crippen LogP) is 3.00. The summed E-state index contributed by atoms with van der Waals surface area (Å²) in [5.74, 6) is 0.921. The number of benzene rings is 1. The monoisotopic (exact) mass is 310 g/mol. The number of anilines is 1. The van der Waals surface area contributed by atoms with Gasteiger partial charge < -0.3 is 15.4 Å². The first-order valence-electron chi connectivity index (χ1n) is 7.07. The van der Waals surface area contributed by atoms with Crippen molar-refractivity contribution < 1.29 is 9.53 Å². The van der Waals surface area contributed by atoms with Crippen LogP contribution in [0.4, 0.5) is 5.69 Å². The lowest BCUT2D eigenvalue weighted by atomic mass is 9.92. The van der Waals surface area contributed by atoms with Gasteiger partial charge in [0.05, 0.1) is 0 Å². The fourth-order valence-corrected chi connectivity index (χ4v) is 2.43. The molecule has 1 saturated heterocycles. The summed E-state index contributed by atoms with van der Waals surface area (Å²) < 4.78 is 5.46. The van der Waals surface area contributed by atoms with Gasteiger partial charge in [-0.3, -0.25) is 4.79 Å². The standard InChI is InChI=1S/C16H22N2O2.ClH/c1-3-9-20-15-6-4-5-14(11-15)18-16(19)13-7-8-17-12(2)10-13;/h3-6,11-13,17H,1,7-10H2,2H3,(H,18,19);1H/t12-,13-;/m0./s1. The van der Waals surface area contributed by atoms with Gasteiger partial charge in [-0.15, -0.1) is 12.4 Å². The van der Waals surface area contributed by atoms with Gasteiger partial charge in [0.2, 0.25) is 5.91 Å². The molecule has 0 aromatic heterocycles. The maximum atomic E-state index is 12.2. The van der Waals surface area contributed by atoms with Gasteiger partial charge in [-0.1, -0.05) is 18.7 Å². The molecule has 1 aliphatic rings. The Hall–Kier alpha value is -1.52. The van der Waals surface area contributed by atoms with Gasteiger partial charge in [0.1, 0.15) is 12.4 Å². The minimum Gasteiger partial charge on any atom is -0.489 e. The van der Waals surface area contributed by atoms with Crippen LogP contribution in [0.2, 0.25) is 0 Å². The van der Waals surface area contributed by atoms with E-state index in [1.165, 1.54) is 0 Å². The number of piperidine rings is 1. The topological polar surface area (TPSA) is 50.4 Å². The number of rotatable bonds is 5. The molecule has 1 fully saturated rings. The number of carbonyl (C=O) groups is 1. The van der Waals surface area contributed by atoms with E-state index >= 15 is 0 Å². The fourth-order valence-electron chi connectivity index (χ4n) is 2.43. The molecular formula is C16H23ClN2O2. The lowest BCUT2D eigenvalue weighted by Gasteiger charge is -2.27. The number of hydrogen-bond acceptors (Lipinski definition) is 3. The zero-order chi connectivity index (χ0) is 14.4. The van der Waals surface area contributed by atoms with Gasteiger partial charge in [0, 0.05) is 23.7 Å². The van der Waals surface area contributed by atoms with Gasteiger partial charge >= 0.3 is 0 Å².